The van der Waals surface area contributed by atoms with Crippen LogP contribution in [0, 0.1) is 5.92 Å². The summed E-state index contributed by atoms with van der Waals surface area (Å²) in [7, 11) is 0. The third-order valence-corrected chi connectivity index (χ3v) is 6.29. The molecule has 1 N–H and O–H groups in total. The molecule has 3 aliphatic heterocycles. The van der Waals surface area contributed by atoms with Gasteiger partial charge in [0, 0.05) is 35.5 Å². The standard InChI is InChI=1S/C14H23NO2S/c1-9-4-13(8-18-9)15-11-2-3-12(15)6-10(5-11)7-14(16)17/h9-13H,2-8H2,1H3,(H,16,17). The molecule has 0 aliphatic carbocycles. The fourth-order valence-electron chi connectivity index (χ4n) is 4.34. The molecule has 3 saturated heterocycles. The molecule has 0 spiro atoms. The Hall–Kier alpha value is -0.220. The van der Waals surface area contributed by atoms with Crippen LogP contribution in [0.2, 0.25) is 0 Å². The van der Waals surface area contributed by atoms with E-state index in [0.29, 0.717) is 24.4 Å². The lowest BCUT2D eigenvalue weighted by atomic mass is 9.87. The van der Waals surface area contributed by atoms with Crippen molar-refractivity contribution in [3.8, 4) is 0 Å². The van der Waals surface area contributed by atoms with Gasteiger partial charge in [0.05, 0.1) is 0 Å². The second kappa shape index (κ2) is 5.04. The van der Waals surface area contributed by atoms with E-state index in [2.05, 4.69) is 23.6 Å². The third kappa shape index (κ3) is 2.42. The number of fused-ring (bicyclic) bond motifs is 2. The molecule has 18 heavy (non-hydrogen) atoms. The second-order valence-corrected chi connectivity index (χ2v) is 7.77. The van der Waals surface area contributed by atoms with Crippen LogP contribution in [0.1, 0.15) is 45.4 Å². The Balaban J connectivity index is 1.64. The summed E-state index contributed by atoms with van der Waals surface area (Å²) in [6, 6.07) is 2.14. The predicted octanol–water partition coefficient (Wildman–Crippen LogP) is 2.60. The van der Waals surface area contributed by atoms with E-state index in [4.69, 9.17) is 5.11 Å². The largest absolute Gasteiger partial charge is 0.481 e. The van der Waals surface area contributed by atoms with Crippen molar-refractivity contribution in [1.29, 1.82) is 0 Å². The molecular formula is C14H23NO2S. The first-order valence-corrected chi connectivity index (χ1v) is 8.29. The van der Waals surface area contributed by atoms with Gasteiger partial charge in [0.15, 0.2) is 0 Å². The Morgan fingerprint density at radius 3 is 2.39 bits per heavy atom. The van der Waals surface area contributed by atoms with Crippen LogP contribution in [0.4, 0.5) is 0 Å². The highest BCUT2D eigenvalue weighted by Gasteiger charge is 2.45. The van der Waals surface area contributed by atoms with Gasteiger partial charge in [0.25, 0.3) is 0 Å². The van der Waals surface area contributed by atoms with Crippen LogP contribution in [0.3, 0.4) is 0 Å². The summed E-state index contributed by atoms with van der Waals surface area (Å²) < 4.78 is 0. The molecule has 3 nitrogen and oxygen atoms in total. The lowest BCUT2D eigenvalue weighted by molar-refractivity contribution is -0.138. The minimum Gasteiger partial charge on any atom is -0.481 e. The fraction of sp³-hybridized carbons (Fsp3) is 0.929. The van der Waals surface area contributed by atoms with Crippen molar-refractivity contribution in [2.45, 2.75) is 68.8 Å². The summed E-state index contributed by atoms with van der Waals surface area (Å²) >= 11 is 2.11. The number of nitrogens with zero attached hydrogens (tertiary/aromatic N) is 1. The Morgan fingerprint density at radius 2 is 1.89 bits per heavy atom. The smallest absolute Gasteiger partial charge is 0.303 e. The second-order valence-electron chi connectivity index (χ2n) is 6.30. The van der Waals surface area contributed by atoms with Crippen molar-refractivity contribution < 1.29 is 9.90 Å². The highest BCUT2D eigenvalue weighted by Crippen LogP contribution is 2.44. The van der Waals surface area contributed by atoms with Crippen molar-refractivity contribution in [3.05, 3.63) is 0 Å². The number of carboxylic acids is 1. The molecular weight excluding hydrogens is 246 g/mol. The zero-order valence-electron chi connectivity index (χ0n) is 11.0. The van der Waals surface area contributed by atoms with E-state index < -0.39 is 5.97 Å². The maximum atomic E-state index is 10.9. The Labute approximate surface area is 113 Å². The van der Waals surface area contributed by atoms with Gasteiger partial charge in [0.2, 0.25) is 0 Å². The van der Waals surface area contributed by atoms with Crippen LogP contribution in [-0.2, 0) is 4.79 Å². The highest BCUT2D eigenvalue weighted by molar-refractivity contribution is 8.00. The minimum atomic E-state index is -0.613. The average molecular weight is 269 g/mol. The molecule has 2 bridgehead atoms. The Bertz CT molecular complexity index is 322. The fourth-order valence-corrected chi connectivity index (χ4v) is 5.56. The summed E-state index contributed by atoms with van der Waals surface area (Å²) in [6.45, 7) is 2.34. The number of carboxylic acid groups (broad SMARTS) is 1. The molecule has 3 fully saturated rings. The average Bonchev–Trinajstić information content (AvgIpc) is 2.80. The van der Waals surface area contributed by atoms with E-state index in [9.17, 15) is 4.79 Å². The highest BCUT2D eigenvalue weighted by atomic mass is 32.2. The van der Waals surface area contributed by atoms with Crippen LogP contribution < -0.4 is 0 Å². The van der Waals surface area contributed by atoms with Gasteiger partial charge in [-0.1, -0.05) is 6.92 Å². The van der Waals surface area contributed by atoms with Crippen molar-refractivity contribution in [1.82, 2.24) is 4.90 Å². The number of hydrogen-bond acceptors (Lipinski definition) is 3. The molecule has 0 saturated carbocycles. The summed E-state index contributed by atoms with van der Waals surface area (Å²) in [6.07, 6.45) is 6.57. The van der Waals surface area contributed by atoms with Gasteiger partial charge in [-0.05, 0) is 38.0 Å². The molecule has 4 atom stereocenters. The molecule has 0 aromatic heterocycles. The van der Waals surface area contributed by atoms with Crippen molar-refractivity contribution in [2.75, 3.05) is 5.75 Å². The normalized spacial score (nSPS) is 44.4. The van der Waals surface area contributed by atoms with Crippen LogP contribution >= 0.6 is 11.8 Å². The van der Waals surface area contributed by atoms with Gasteiger partial charge in [-0.2, -0.15) is 11.8 Å². The molecule has 4 heteroatoms. The number of aliphatic carboxylic acids is 1. The molecule has 3 rings (SSSR count). The number of carbonyl (C=O) groups is 1. The van der Waals surface area contributed by atoms with Crippen molar-refractivity contribution in [3.63, 3.8) is 0 Å². The number of rotatable bonds is 3. The monoisotopic (exact) mass is 269 g/mol. The van der Waals surface area contributed by atoms with Crippen LogP contribution in [0.5, 0.6) is 0 Å². The van der Waals surface area contributed by atoms with Crippen molar-refractivity contribution >= 4 is 17.7 Å². The summed E-state index contributed by atoms with van der Waals surface area (Å²) in [4.78, 5) is 13.6. The van der Waals surface area contributed by atoms with Crippen LogP contribution in [0.15, 0.2) is 0 Å². The summed E-state index contributed by atoms with van der Waals surface area (Å²) in [5.41, 5.74) is 0. The van der Waals surface area contributed by atoms with Gasteiger partial charge in [-0.3, -0.25) is 9.69 Å². The van der Waals surface area contributed by atoms with Gasteiger partial charge >= 0.3 is 5.97 Å². The minimum absolute atomic E-state index is 0.386. The number of thioether (sulfide) groups is 1. The maximum absolute atomic E-state index is 10.9. The molecule has 0 radical (unpaired) electrons. The van der Waals surface area contributed by atoms with Gasteiger partial charge in [-0.25, -0.2) is 0 Å². The summed E-state index contributed by atoms with van der Waals surface area (Å²) in [5, 5.41) is 9.77. The SMILES string of the molecule is CC1CC(N2C3CCC2CC(CC(=O)O)C3)CS1. The van der Waals surface area contributed by atoms with E-state index in [-0.39, 0.29) is 0 Å². The van der Waals surface area contributed by atoms with E-state index >= 15 is 0 Å². The molecule has 4 unspecified atom stereocenters. The molecule has 0 aromatic carbocycles. The van der Waals surface area contributed by atoms with Crippen LogP contribution in [-0.4, -0.2) is 45.1 Å². The number of piperidine rings is 1. The van der Waals surface area contributed by atoms with Gasteiger partial charge < -0.3 is 5.11 Å². The van der Waals surface area contributed by atoms with Gasteiger partial charge in [-0.15, -0.1) is 0 Å². The first kappa shape index (κ1) is 12.8. The lowest BCUT2D eigenvalue weighted by Crippen LogP contribution is -2.49. The molecule has 0 aromatic rings. The van der Waals surface area contributed by atoms with Crippen molar-refractivity contribution in [2.24, 2.45) is 5.92 Å². The Morgan fingerprint density at radius 1 is 1.22 bits per heavy atom. The molecule has 102 valence electrons. The molecule has 3 heterocycles. The number of hydrogen-bond donors (Lipinski definition) is 1. The van der Waals surface area contributed by atoms with E-state index in [0.717, 1.165) is 24.1 Å². The predicted molar refractivity (Wildman–Crippen MR) is 74.0 cm³/mol. The zero-order valence-corrected chi connectivity index (χ0v) is 11.9. The van der Waals surface area contributed by atoms with E-state index in [1.807, 2.05) is 0 Å². The topological polar surface area (TPSA) is 40.5 Å². The third-order valence-electron chi connectivity index (χ3n) is 4.95. The summed E-state index contributed by atoms with van der Waals surface area (Å²) in [5.74, 6) is 1.11. The maximum Gasteiger partial charge on any atom is 0.303 e. The lowest BCUT2D eigenvalue weighted by Gasteiger charge is -2.42. The first-order chi connectivity index (χ1) is 8.63. The zero-order chi connectivity index (χ0) is 12.7. The Kier molecular flexibility index (Phi) is 3.59. The van der Waals surface area contributed by atoms with E-state index in [1.54, 1.807) is 0 Å². The van der Waals surface area contributed by atoms with Crippen LogP contribution in [0.25, 0.3) is 0 Å². The molecule has 3 aliphatic rings. The van der Waals surface area contributed by atoms with E-state index in [1.165, 1.54) is 25.0 Å². The quantitative estimate of drug-likeness (QED) is 0.855. The molecule has 0 amide bonds. The first-order valence-electron chi connectivity index (χ1n) is 7.24. The van der Waals surface area contributed by atoms with Gasteiger partial charge in [0.1, 0.15) is 0 Å².